The third kappa shape index (κ3) is 2.95. The first-order chi connectivity index (χ1) is 11.5. The maximum absolute atomic E-state index is 12.2. The van der Waals surface area contributed by atoms with E-state index in [1.807, 2.05) is 6.07 Å². The number of carbonyl (C=O) groups is 1. The molecule has 0 saturated carbocycles. The van der Waals surface area contributed by atoms with Gasteiger partial charge in [-0.25, -0.2) is 0 Å². The van der Waals surface area contributed by atoms with Gasteiger partial charge in [-0.15, -0.1) is 0 Å². The van der Waals surface area contributed by atoms with Crippen LogP contribution in [0.2, 0.25) is 0 Å². The largest absolute Gasteiger partial charge is 0.429 e. The van der Waals surface area contributed by atoms with Crippen molar-refractivity contribution in [3.05, 3.63) is 47.9 Å². The Labute approximate surface area is 137 Å². The van der Waals surface area contributed by atoms with Gasteiger partial charge in [-0.1, -0.05) is 0 Å². The van der Waals surface area contributed by atoms with Crippen molar-refractivity contribution in [2.24, 2.45) is 11.5 Å². The number of rotatable bonds is 4. The summed E-state index contributed by atoms with van der Waals surface area (Å²) in [5, 5.41) is 8.16. The number of carbonyl (C=O) groups excluding carboxylic acids is 1. The van der Waals surface area contributed by atoms with Crippen molar-refractivity contribution in [2.45, 2.75) is 6.54 Å². The zero-order valence-electron chi connectivity index (χ0n) is 13.0. The molecule has 8 heteroatoms. The second-order valence-electron chi connectivity index (χ2n) is 5.21. The Bertz CT molecular complexity index is 911. The lowest BCUT2D eigenvalue weighted by atomic mass is 10.2. The molecule has 0 aliphatic rings. The molecule has 2 aromatic heterocycles. The number of guanidine groups is 1. The van der Waals surface area contributed by atoms with Crippen LogP contribution in [0.1, 0.15) is 16.2 Å². The maximum atomic E-state index is 12.2. The van der Waals surface area contributed by atoms with Crippen LogP contribution in [-0.2, 0) is 6.54 Å². The highest BCUT2D eigenvalue weighted by Crippen LogP contribution is 2.27. The van der Waals surface area contributed by atoms with E-state index in [-0.39, 0.29) is 11.9 Å². The number of aromatic amines is 1. The summed E-state index contributed by atoms with van der Waals surface area (Å²) >= 11 is 0. The lowest BCUT2D eigenvalue weighted by molar-refractivity contribution is 0.0864. The Morgan fingerprint density at radius 2 is 2.12 bits per heavy atom. The van der Waals surface area contributed by atoms with Gasteiger partial charge in [0.2, 0.25) is 0 Å². The highest BCUT2D eigenvalue weighted by Gasteiger charge is 2.16. The quantitative estimate of drug-likeness (QED) is 0.429. The first kappa shape index (κ1) is 15.6. The minimum absolute atomic E-state index is 0.300. The normalized spacial score (nSPS) is 10.8. The highest BCUT2D eigenvalue weighted by molar-refractivity contribution is 6.05. The standard InChI is InChI=1S/C16H17N5O3/c1-21(16(18)19)15(22)13-6-9-2-3-10(7-12(9)20-13)23-14-5-4-11(8-17)24-14/h2-7,20H,8,17H2,1H3,(H3,18,19). The van der Waals surface area contributed by atoms with E-state index < -0.39 is 0 Å². The Morgan fingerprint density at radius 3 is 2.79 bits per heavy atom. The Hall–Kier alpha value is -3.26. The number of nitrogens with two attached hydrogens (primary N) is 2. The smallest absolute Gasteiger partial charge is 0.290 e. The van der Waals surface area contributed by atoms with Crippen LogP contribution in [0.5, 0.6) is 11.7 Å². The van der Waals surface area contributed by atoms with Gasteiger partial charge in [0.1, 0.15) is 17.2 Å². The Morgan fingerprint density at radius 1 is 1.33 bits per heavy atom. The summed E-state index contributed by atoms with van der Waals surface area (Å²) in [4.78, 5) is 16.2. The number of nitrogens with zero attached hydrogens (tertiary/aromatic N) is 1. The van der Waals surface area contributed by atoms with Crippen molar-refractivity contribution in [1.29, 1.82) is 5.41 Å². The van der Waals surface area contributed by atoms with E-state index in [0.29, 0.717) is 29.7 Å². The van der Waals surface area contributed by atoms with Crippen LogP contribution in [0.4, 0.5) is 0 Å². The van der Waals surface area contributed by atoms with Gasteiger partial charge in [-0.05, 0) is 24.3 Å². The predicted octanol–water partition coefficient (Wildman–Crippen LogP) is 1.98. The van der Waals surface area contributed by atoms with Gasteiger partial charge in [0, 0.05) is 30.1 Å². The molecule has 0 unspecified atom stereocenters. The van der Waals surface area contributed by atoms with Crippen LogP contribution in [0.3, 0.4) is 0 Å². The average Bonchev–Trinajstić information content (AvgIpc) is 3.19. The van der Waals surface area contributed by atoms with E-state index >= 15 is 0 Å². The first-order valence-electron chi connectivity index (χ1n) is 7.19. The fourth-order valence-electron chi connectivity index (χ4n) is 2.21. The summed E-state index contributed by atoms with van der Waals surface area (Å²) in [6, 6.07) is 10.5. The summed E-state index contributed by atoms with van der Waals surface area (Å²) < 4.78 is 11.0. The predicted molar refractivity (Wildman–Crippen MR) is 89.0 cm³/mol. The van der Waals surface area contributed by atoms with E-state index in [9.17, 15) is 4.79 Å². The molecule has 24 heavy (non-hydrogen) atoms. The van der Waals surface area contributed by atoms with Gasteiger partial charge in [-0.3, -0.25) is 15.1 Å². The summed E-state index contributed by atoms with van der Waals surface area (Å²) in [5.74, 6) is 0.817. The number of furan rings is 1. The number of H-pyrrole nitrogens is 1. The molecule has 3 rings (SSSR count). The van der Waals surface area contributed by atoms with E-state index in [4.69, 9.17) is 26.0 Å². The molecular weight excluding hydrogens is 310 g/mol. The van der Waals surface area contributed by atoms with Gasteiger partial charge in [0.05, 0.1) is 6.54 Å². The molecule has 124 valence electrons. The number of hydrogen-bond acceptors (Lipinski definition) is 5. The molecular formula is C16H17N5O3. The van der Waals surface area contributed by atoms with Crippen molar-refractivity contribution >= 4 is 22.8 Å². The Balaban J connectivity index is 1.86. The van der Waals surface area contributed by atoms with Crippen molar-refractivity contribution in [1.82, 2.24) is 9.88 Å². The minimum atomic E-state index is -0.389. The minimum Gasteiger partial charge on any atom is -0.429 e. The second kappa shape index (κ2) is 6.09. The molecule has 0 radical (unpaired) electrons. The number of benzene rings is 1. The molecule has 0 aliphatic carbocycles. The molecule has 0 saturated heterocycles. The van der Waals surface area contributed by atoms with E-state index in [0.717, 1.165) is 15.8 Å². The molecule has 0 aliphatic heterocycles. The van der Waals surface area contributed by atoms with Gasteiger partial charge < -0.3 is 25.6 Å². The molecule has 6 N–H and O–H groups in total. The number of amides is 1. The highest BCUT2D eigenvalue weighted by atomic mass is 16.6. The average molecular weight is 327 g/mol. The summed E-state index contributed by atoms with van der Waals surface area (Å²) in [6.45, 7) is 0.300. The fraction of sp³-hybridized carbons (Fsp3) is 0.125. The van der Waals surface area contributed by atoms with Crippen LogP contribution in [0, 0.1) is 5.41 Å². The number of nitrogens with one attached hydrogen (secondary N) is 2. The van der Waals surface area contributed by atoms with Gasteiger partial charge in [-0.2, -0.15) is 0 Å². The molecule has 8 nitrogen and oxygen atoms in total. The molecule has 0 fully saturated rings. The second-order valence-corrected chi connectivity index (χ2v) is 5.21. The number of fused-ring (bicyclic) bond motifs is 1. The van der Waals surface area contributed by atoms with Crippen LogP contribution in [0.15, 0.2) is 40.8 Å². The van der Waals surface area contributed by atoms with Gasteiger partial charge in [0.15, 0.2) is 5.96 Å². The maximum Gasteiger partial charge on any atom is 0.290 e. The van der Waals surface area contributed by atoms with Crippen molar-refractivity contribution in [3.63, 3.8) is 0 Å². The van der Waals surface area contributed by atoms with Crippen molar-refractivity contribution in [3.8, 4) is 11.7 Å². The zero-order valence-corrected chi connectivity index (χ0v) is 13.0. The van der Waals surface area contributed by atoms with E-state index in [2.05, 4.69) is 4.98 Å². The SMILES string of the molecule is CN(C(=N)N)C(=O)c1cc2ccc(Oc3ccc(CN)o3)cc2[nH]1. The molecule has 0 spiro atoms. The summed E-state index contributed by atoms with van der Waals surface area (Å²) in [7, 11) is 1.44. The van der Waals surface area contributed by atoms with Gasteiger partial charge in [0.25, 0.3) is 11.9 Å². The van der Waals surface area contributed by atoms with Crippen molar-refractivity contribution < 1.29 is 13.9 Å². The molecule has 2 heterocycles. The molecule has 0 atom stereocenters. The topological polar surface area (TPSA) is 134 Å². The number of hydrogen-bond donors (Lipinski definition) is 4. The van der Waals surface area contributed by atoms with E-state index in [1.54, 1.807) is 30.3 Å². The summed E-state index contributed by atoms with van der Waals surface area (Å²) in [5.41, 5.74) is 11.9. The molecule has 3 aromatic rings. The van der Waals surface area contributed by atoms with Crippen molar-refractivity contribution in [2.75, 3.05) is 7.05 Å². The van der Waals surface area contributed by atoms with Crippen LogP contribution in [0.25, 0.3) is 10.9 Å². The van der Waals surface area contributed by atoms with E-state index in [1.165, 1.54) is 7.05 Å². The first-order valence-corrected chi connectivity index (χ1v) is 7.19. The number of ether oxygens (including phenoxy) is 1. The molecule has 0 bridgehead atoms. The summed E-state index contributed by atoms with van der Waals surface area (Å²) in [6.07, 6.45) is 0. The lowest BCUT2D eigenvalue weighted by Gasteiger charge is -2.12. The molecule has 1 aromatic carbocycles. The van der Waals surface area contributed by atoms with Crippen LogP contribution < -0.4 is 16.2 Å². The zero-order chi connectivity index (χ0) is 17.3. The third-order valence-electron chi connectivity index (χ3n) is 3.55. The fourth-order valence-corrected chi connectivity index (χ4v) is 2.21. The monoisotopic (exact) mass is 327 g/mol. The van der Waals surface area contributed by atoms with Crippen LogP contribution >= 0.6 is 0 Å². The van der Waals surface area contributed by atoms with Gasteiger partial charge >= 0.3 is 0 Å². The molecule has 1 amide bonds. The number of aromatic nitrogens is 1. The lowest BCUT2D eigenvalue weighted by Crippen LogP contribution is -2.38. The third-order valence-corrected chi connectivity index (χ3v) is 3.55. The Kier molecular flexibility index (Phi) is 3.97. The van der Waals surface area contributed by atoms with Crippen LogP contribution in [-0.4, -0.2) is 28.8 Å².